The molecule has 0 radical (unpaired) electrons. The molecule has 0 unspecified atom stereocenters. The van der Waals surface area contributed by atoms with Crippen LogP contribution in [0.15, 0.2) is 43.0 Å². The van der Waals surface area contributed by atoms with Crippen LogP contribution in [0.2, 0.25) is 0 Å². The van der Waals surface area contributed by atoms with Crippen LogP contribution in [-0.2, 0) is 0 Å². The highest BCUT2D eigenvalue weighted by atomic mass is 19.4. The molecule has 31 heavy (non-hydrogen) atoms. The molecular weight excluding hydrogens is 424 g/mol. The third-order valence-corrected chi connectivity index (χ3v) is 3.98. The van der Waals surface area contributed by atoms with E-state index in [-0.39, 0.29) is 36.1 Å². The zero-order chi connectivity index (χ0) is 22.4. The minimum Gasteiger partial charge on any atom is -0.493 e. The maximum atomic E-state index is 14.1. The first-order valence-electron chi connectivity index (χ1n) is 8.83. The number of hydrogen-bond acceptors (Lipinski definition) is 7. The third-order valence-electron chi connectivity index (χ3n) is 3.98. The predicted octanol–water partition coefficient (Wildman–Crippen LogP) is 3.81. The number of anilines is 1. The maximum Gasteiger partial charge on any atom is 0.573 e. The Balaban J connectivity index is 1.71. The molecule has 2 aromatic carbocycles. The number of aromatic nitrogens is 3. The molecule has 3 aromatic rings. The van der Waals surface area contributed by atoms with E-state index in [4.69, 9.17) is 14.2 Å². The van der Waals surface area contributed by atoms with Crippen LogP contribution in [0.1, 0.15) is 0 Å². The Morgan fingerprint density at radius 2 is 1.77 bits per heavy atom. The lowest BCUT2D eigenvalue weighted by Gasteiger charge is -2.16. The average Bonchev–Trinajstić information content (AvgIpc) is 3.25. The summed E-state index contributed by atoms with van der Waals surface area (Å²) >= 11 is 0. The molecule has 8 nitrogen and oxygen atoms in total. The summed E-state index contributed by atoms with van der Waals surface area (Å²) in [5.74, 6) is -0.626. The van der Waals surface area contributed by atoms with Crippen molar-refractivity contribution in [2.75, 3.05) is 32.7 Å². The summed E-state index contributed by atoms with van der Waals surface area (Å²) in [4.78, 5) is 3.82. The van der Waals surface area contributed by atoms with E-state index < -0.39 is 17.9 Å². The molecule has 166 valence electrons. The zero-order valence-electron chi connectivity index (χ0n) is 16.4. The highest BCUT2D eigenvalue weighted by Gasteiger charge is 2.31. The van der Waals surface area contributed by atoms with Gasteiger partial charge in [0.1, 0.15) is 25.0 Å². The highest BCUT2D eigenvalue weighted by Crippen LogP contribution is 2.34. The van der Waals surface area contributed by atoms with Gasteiger partial charge < -0.3 is 24.3 Å². The van der Waals surface area contributed by atoms with Crippen LogP contribution in [0.25, 0.3) is 5.69 Å². The monoisotopic (exact) mass is 442 g/mol. The predicted molar refractivity (Wildman–Crippen MR) is 102 cm³/mol. The summed E-state index contributed by atoms with van der Waals surface area (Å²) in [5.41, 5.74) is 0.716. The van der Waals surface area contributed by atoms with E-state index in [1.54, 1.807) is 0 Å². The van der Waals surface area contributed by atoms with Gasteiger partial charge in [0, 0.05) is 24.7 Å². The number of nitrogens with one attached hydrogen (secondary N) is 1. The van der Waals surface area contributed by atoms with E-state index in [1.807, 2.05) is 0 Å². The van der Waals surface area contributed by atoms with Gasteiger partial charge in [-0.15, -0.1) is 13.2 Å². The Kier molecular flexibility index (Phi) is 6.68. The fourth-order valence-corrected chi connectivity index (χ4v) is 2.68. The van der Waals surface area contributed by atoms with E-state index in [9.17, 15) is 17.6 Å². The van der Waals surface area contributed by atoms with Crippen molar-refractivity contribution in [3.63, 3.8) is 0 Å². The van der Waals surface area contributed by atoms with E-state index >= 15 is 0 Å². The van der Waals surface area contributed by atoms with Gasteiger partial charge in [0.15, 0.2) is 23.1 Å². The molecule has 3 rings (SSSR count). The number of methoxy groups -OCH3 is 2. The largest absolute Gasteiger partial charge is 0.573 e. The summed E-state index contributed by atoms with van der Waals surface area (Å²) in [5, 5.41) is 6.90. The Hall–Kier alpha value is -3.70. The Bertz CT molecular complexity index is 1010. The second-order valence-corrected chi connectivity index (χ2v) is 5.98. The number of ether oxygens (including phenoxy) is 4. The molecule has 1 heterocycles. The highest BCUT2D eigenvalue weighted by molar-refractivity contribution is 5.63. The number of rotatable bonds is 9. The van der Waals surface area contributed by atoms with Gasteiger partial charge in [-0.25, -0.2) is 14.1 Å². The molecular formula is C19H18F4N4O4. The van der Waals surface area contributed by atoms with E-state index in [2.05, 4.69) is 20.1 Å². The molecule has 0 saturated carbocycles. The molecule has 0 aliphatic carbocycles. The van der Waals surface area contributed by atoms with Crippen molar-refractivity contribution in [1.82, 2.24) is 14.8 Å². The van der Waals surface area contributed by atoms with Gasteiger partial charge in [0.2, 0.25) is 0 Å². The van der Waals surface area contributed by atoms with E-state index in [0.29, 0.717) is 5.69 Å². The van der Waals surface area contributed by atoms with Gasteiger partial charge in [-0.1, -0.05) is 0 Å². The molecule has 0 bridgehead atoms. The normalized spacial score (nSPS) is 11.2. The van der Waals surface area contributed by atoms with Crippen molar-refractivity contribution in [3.05, 3.63) is 48.8 Å². The summed E-state index contributed by atoms with van der Waals surface area (Å²) in [6.07, 6.45) is -2.16. The van der Waals surface area contributed by atoms with Gasteiger partial charge in [-0.3, -0.25) is 0 Å². The molecule has 0 aliphatic heterocycles. The van der Waals surface area contributed by atoms with Crippen molar-refractivity contribution in [3.8, 4) is 28.7 Å². The lowest BCUT2D eigenvalue weighted by Crippen LogP contribution is -2.18. The minimum atomic E-state index is -4.83. The van der Waals surface area contributed by atoms with Gasteiger partial charge in [-0.05, 0) is 12.1 Å². The number of benzene rings is 2. The van der Waals surface area contributed by atoms with Crippen molar-refractivity contribution >= 4 is 5.69 Å². The SMILES string of the molecule is COc1cc(F)c(OCCNc2cc(OC(F)(F)F)ccc2-n2cncn2)cc1OC. The van der Waals surface area contributed by atoms with Crippen LogP contribution < -0.4 is 24.3 Å². The van der Waals surface area contributed by atoms with Gasteiger partial charge in [-0.2, -0.15) is 5.10 Å². The summed E-state index contributed by atoms with van der Waals surface area (Å²) in [6, 6.07) is 6.19. The first-order valence-corrected chi connectivity index (χ1v) is 8.83. The number of halogens is 4. The Morgan fingerprint density at radius 3 is 2.42 bits per heavy atom. The Morgan fingerprint density at radius 1 is 1.03 bits per heavy atom. The first kappa shape index (κ1) is 22.0. The fourth-order valence-electron chi connectivity index (χ4n) is 2.68. The number of hydrogen-bond donors (Lipinski definition) is 1. The average molecular weight is 442 g/mol. The van der Waals surface area contributed by atoms with Crippen LogP contribution in [0, 0.1) is 5.82 Å². The fraction of sp³-hybridized carbons (Fsp3) is 0.263. The smallest absolute Gasteiger partial charge is 0.493 e. The summed E-state index contributed by atoms with van der Waals surface area (Å²) in [6.45, 7) is 0.124. The molecule has 1 aromatic heterocycles. The van der Waals surface area contributed by atoms with Gasteiger partial charge in [0.25, 0.3) is 0 Å². The Labute approximate surface area is 174 Å². The molecule has 0 spiro atoms. The molecule has 0 atom stereocenters. The van der Waals surface area contributed by atoms with Crippen molar-refractivity contribution in [2.24, 2.45) is 0 Å². The second-order valence-electron chi connectivity index (χ2n) is 5.98. The first-order chi connectivity index (χ1) is 14.8. The van der Waals surface area contributed by atoms with Crippen LogP contribution in [0.4, 0.5) is 23.2 Å². The molecule has 0 fully saturated rings. The second kappa shape index (κ2) is 9.41. The van der Waals surface area contributed by atoms with Crippen LogP contribution in [-0.4, -0.2) is 48.5 Å². The number of alkyl halides is 3. The quantitative estimate of drug-likeness (QED) is 0.399. The summed E-state index contributed by atoms with van der Waals surface area (Å²) in [7, 11) is 2.79. The van der Waals surface area contributed by atoms with Crippen LogP contribution in [0.3, 0.4) is 0 Å². The van der Waals surface area contributed by atoms with Crippen molar-refractivity contribution in [1.29, 1.82) is 0 Å². The van der Waals surface area contributed by atoms with Crippen LogP contribution in [0.5, 0.6) is 23.0 Å². The third kappa shape index (κ3) is 5.68. The maximum absolute atomic E-state index is 14.1. The molecule has 0 aliphatic rings. The lowest BCUT2D eigenvalue weighted by molar-refractivity contribution is -0.274. The standard InChI is InChI=1S/C19H18F4N4O4/c1-28-17-8-13(20)16(9-18(17)29-2)30-6-5-25-14-7-12(31-19(21,22)23)3-4-15(14)27-11-24-10-26-27/h3-4,7-11,25H,5-6H2,1-2H3. The number of nitrogens with zero attached hydrogens (tertiary/aromatic N) is 3. The summed E-state index contributed by atoms with van der Waals surface area (Å²) < 4.78 is 72.7. The molecule has 0 saturated heterocycles. The van der Waals surface area contributed by atoms with Crippen LogP contribution >= 0.6 is 0 Å². The van der Waals surface area contributed by atoms with Gasteiger partial charge >= 0.3 is 6.36 Å². The lowest BCUT2D eigenvalue weighted by atomic mass is 10.2. The van der Waals surface area contributed by atoms with Crippen molar-refractivity contribution < 1.29 is 36.5 Å². The molecule has 1 N–H and O–H groups in total. The zero-order valence-corrected chi connectivity index (χ0v) is 16.4. The van der Waals surface area contributed by atoms with Crippen molar-refractivity contribution in [2.45, 2.75) is 6.36 Å². The van der Waals surface area contributed by atoms with E-state index in [0.717, 1.165) is 12.1 Å². The van der Waals surface area contributed by atoms with E-state index in [1.165, 1.54) is 49.8 Å². The minimum absolute atomic E-state index is 0.00639. The topological polar surface area (TPSA) is 79.7 Å². The molecule has 0 amide bonds. The van der Waals surface area contributed by atoms with Gasteiger partial charge in [0.05, 0.1) is 25.6 Å². The molecule has 12 heteroatoms.